The topological polar surface area (TPSA) is 21.3 Å². The van der Waals surface area contributed by atoms with Crippen LogP contribution in [0.15, 0.2) is 28.7 Å². The van der Waals surface area contributed by atoms with Crippen LogP contribution in [0.25, 0.3) is 0 Å². The molecule has 0 heterocycles. The first kappa shape index (κ1) is 15.0. The van der Waals surface area contributed by atoms with Crippen molar-refractivity contribution in [1.82, 2.24) is 5.32 Å². The van der Waals surface area contributed by atoms with Crippen LogP contribution in [0.1, 0.15) is 25.3 Å². The predicted octanol–water partition coefficient (Wildman–Crippen LogP) is 3.64. The Morgan fingerprint density at radius 2 is 2.11 bits per heavy atom. The third kappa shape index (κ3) is 4.30. The maximum Gasteiger partial charge on any atom is 0.0587 e. The number of halogens is 1. The third-order valence-corrected chi connectivity index (χ3v) is 4.90. The molecule has 1 aromatic rings. The molecule has 3 heteroatoms. The highest BCUT2D eigenvalue weighted by molar-refractivity contribution is 9.10. The van der Waals surface area contributed by atoms with Crippen LogP contribution in [0, 0.1) is 11.3 Å². The van der Waals surface area contributed by atoms with Crippen molar-refractivity contribution in [3.8, 4) is 0 Å². The second kappa shape index (κ2) is 6.87. The molecule has 0 radical (unpaired) electrons. The number of rotatable bonds is 8. The molecule has 1 aliphatic carbocycles. The highest BCUT2D eigenvalue weighted by Gasteiger charge is 2.41. The number of benzene rings is 1. The zero-order valence-corrected chi connectivity index (χ0v) is 13.5. The van der Waals surface area contributed by atoms with Crippen LogP contribution in [-0.2, 0) is 11.2 Å². The zero-order valence-electron chi connectivity index (χ0n) is 11.9. The van der Waals surface area contributed by atoms with Gasteiger partial charge in [0.05, 0.1) is 6.61 Å². The van der Waals surface area contributed by atoms with Gasteiger partial charge >= 0.3 is 0 Å². The van der Waals surface area contributed by atoms with Gasteiger partial charge in [-0.25, -0.2) is 0 Å². The van der Waals surface area contributed by atoms with Crippen molar-refractivity contribution in [2.24, 2.45) is 11.3 Å². The Morgan fingerprint density at radius 1 is 1.37 bits per heavy atom. The van der Waals surface area contributed by atoms with E-state index in [1.165, 1.54) is 22.9 Å². The zero-order chi connectivity index (χ0) is 13.7. The molecule has 106 valence electrons. The lowest BCUT2D eigenvalue weighted by Gasteiger charge is -2.31. The van der Waals surface area contributed by atoms with Crippen LogP contribution in [0.5, 0.6) is 0 Å². The summed E-state index contributed by atoms with van der Waals surface area (Å²) in [5, 5.41) is 3.55. The summed E-state index contributed by atoms with van der Waals surface area (Å²) < 4.78 is 6.34. The van der Waals surface area contributed by atoms with Crippen LogP contribution in [0.2, 0.25) is 0 Å². The van der Waals surface area contributed by atoms with Gasteiger partial charge in [0, 0.05) is 24.7 Å². The van der Waals surface area contributed by atoms with Crippen LogP contribution in [-0.4, -0.2) is 26.8 Å². The number of ether oxygens (including phenoxy) is 1. The molecular weight excluding hydrogens is 302 g/mol. The van der Waals surface area contributed by atoms with Gasteiger partial charge in [0.1, 0.15) is 0 Å². The van der Waals surface area contributed by atoms with E-state index in [0.29, 0.717) is 5.41 Å². The van der Waals surface area contributed by atoms with Crippen molar-refractivity contribution < 1.29 is 4.74 Å². The highest BCUT2D eigenvalue weighted by Crippen LogP contribution is 2.47. The molecule has 0 aliphatic heterocycles. The number of hydrogen-bond donors (Lipinski definition) is 1. The average Bonchev–Trinajstić information content (AvgIpc) is 3.22. The molecule has 1 fully saturated rings. The van der Waals surface area contributed by atoms with Crippen LogP contribution >= 0.6 is 15.9 Å². The predicted molar refractivity (Wildman–Crippen MR) is 83.4 cm³/mol. The van der Waals surface area contributed by atoms with Gasteiger partial charge in [0.25, 0.3) is 0 Å². The second-order valence-corrected chi connectivity index (χ2v) is 6.72. The molecule has 2 nitrogen and oxygen atoms in total. The van der Waals surface area contributed by atoms with Gasteiger partial charge in [0.2, 0.25) is 0 Å². The van der Waals surface area contributed by atoms with Crippen LogP contribution in [0.4, 0.5) is 0 Å². The van der Waals surface area contributed by atoms with Gasteiger partial charge in [-0.1, -0.05) is 41.1 Å². The molecule has 19 heavy (non-hydrogen) atoms. The third-order valence-electron chi connectivity index (χ3n) is 4.13. The molecule has 0 aromatic heterocycles. The second-order valence-electron chi connectivity index (χ2n) is 5.87. The Hall–Kier alpha value is -0.380. The summed E-state index contributed by atoms with van der Waals surface area (Å²) in [6.07, 6.45) is 3.90. The Balaban J connectivity index is 1.97. The number of hydrogen-bond acceptors (Lipinski definition) is 2. The molecular formula is C16H24BrNO. The van der Waals surface area contributed by atoms with Crippen LogP contribution < -0.4 is 5.32 Å². The van der Waals surface area contributed by atoms with E-state index in [0.717, 1.165) is 32.0 Å². The van der Waals surface area contributed by atoms with E-state index in [-0.39, 0.29) is 0 Å². The molecule has 0 spiro atoms. The lowest BCUT2D eigenvalue weighted by atomic mass is 9.79. The van der Waals surface area contributed by atoms with Crippen molar-refractivity contribution in [1.29, 1.82) is 0 Å². The van der Waals surface area contributed by atoms with Crippen molar-refractivity contribution in [3.63, 3.8) is 0 Å². The average molecular weight is 326 g/mol. The molecule has 1 atom stereocenters. The first-order chi connectivity index (χ1) is 9.15. The van der Waals surface area contributed by atoms with Gasteiger partial charge in [-0.15, -0.1) is 0 Å². The van der Waals surface area contributed by atoms with E-state index in [1.54, 1.807) is 7.11 Å². The molecule has 0 bridgehead atoms. The largest absolute Gasteiger partial charge is 0.383 e. The summed E-state index contributed by atoms with van der Waals surface area (Å²) in [5.41, 5.74) is 1.78. The Labute approximate surface area is 125 Å². The fourth-order valence-electron chi connectivity index (χ4n) is 2.76. The van der Waals surface area contributed by atoms with E-state index in [2.05, 4.69) is 52.4 Å². The lowest BCUT2D eigenvalue weighted by molar-refractivity contribution is 0.187. The SMILES string of the molecule is COCCNCC(C)(Cc1ccccc1Br)C1CC1. The summed E-state index contributed by atoms with van der Waals surface area (Å²) in [6, 6.07) is 8.59. The minimum absolute atomic E-state index is 0.359. The summed E-state index contributed by atoms with van der Waals surface area (Å²) in [6.45, 7) is 5.22. The smallest absolute Gasteiger partial charge is 0.0587 e. The molecule has 2 rings (SSSR count). The molecule has 1 N–H and O–H groups in total. The molecule has 1 aromatic carbocycles. The molecule has 1 saturated carbocycles. The van der Waals surface area contributed by atoms with Crippen molar-refractivity contribution in [3.05, 3.63) is 34.3 Å². The summed E-state index contributed by atoms with van der Waals surface area (Å²) in [5.74, 6) is 0.870. The van der Waals surface area contributed by atoms with Crippen molar-refractivity contribution >= 4 is 15.9 Å². The maximum atomic E-state index is 5.10. The highest BCUT2D eigenvalue weighted by atomic mass is 79.9. The number of nitrogens with one attached hydrogen (secondary N) is 1. The fraction of sp³-hybridized carbons (Fsp3) is 0.625. The van der Waals surface area contributed by atoms with Gasteiger partial charge < -0.3 is 10.1 Å². The first-order valence-electron chi connectivity index (χ1n) is 7.09. The van der Waals surface area contributed by atoms with E-state index in [1.807, 2.05) is 0 Å². The van der Waals surface area contributed by atoms with E-state index in [9.17, 15) is 0 Å². The Kier molecular flexibility index (Phi) is 5.43. The van der Waals surface area contributed by atoms with Gasteiger partial charge in [-0.3, -0.25) is 0 Å². The summed E-state index contributed by atoms with van der Waals surface area (Å²) in [7, 11) is 1.75. The van der Waals surface area contributed by atoms with Crippen molar-refractivity contribution in [2.45, 2.75) is 26.2 Å². The standard InChI is InChI=1S/C16H24BrNO/c1-16(14-7-8-14,12-18-9-10-19-2)11-13-5-3-4-6-15(13)17/h3-6,14,18H,7-12H2,1-2H3. The summed E-state index contributed by atoms with van der Waals surface area (Å²) >= 11 is 3.67. The van der Waals surface area contributed by atoms with Gasteiger partial charge in [-0.05, 0) is 42.2 Å². The Bertz CT molecular complexity index is 405. The van der Waals surface area contributed by atoms with E-state index in [4.69, 9.17) is 4.74 Å². The van der Waals surface area contributed by atoms with Crippen LogP contribution in [0.3, 0.4) is 0 Å². The minimum Gasteiger partial charge on any atom is -0.383 e. The minimum atomic E-state index is 0.359. The number of methoxy groups -OCH3 is 1. The Morgan fingerprint density at radius 3 is 2.74 bits per heavy atom. The lowest BCUT2D eigenvalue weighted by Crippen LogP contribution is -2.37. The van der Waals surface area contributed by atoms with E-state index >= 15 is 0 Å². The summed E-state index contributed by atoms with van der Waals surface area (Å²) in [4.78, 5) is 0. The molecule has 1 unspecified atom stereocenters. The van der Waals surface area contributed by atoms with Gasteiger partial charge in [0.15, 0.2) is 0 Å². The quantitative estimate of drug-likeness (QED) is 0.737. The first-order valence-corrected chi connectivity index (χ1v) is 7.88. The molecule has 0 saturated heterocycles. The monoisotopic (exact) mass is 325 g/mol. The maximum absolute atomic E-state index is 5.10. The fourth-order valence-corrected chi connectivity index (χ4v) is 3.18. The van der Waals surface area contributed by atoms with E-state index < -0.39 is 0 Å². The van der Waals surface area contributed by atoms with Crippen molar-refractivity contribution in [2.75, 3.05) is 26.8 Å². The van der Waals surface area contributed by atoms with Gasteiger partial charge in [-0.2, -0.15) is 0 Å². The molecule has 0 amide bonds. The normalized spacial score (nSPS) is 18.3. The molecule has 1 aliphatic rings.